The van der Waals surface area contributed by atoms with Gasteiger partial charge in [0.15, 0.2) is 0 Å². The van der Waals surface area contributed by atoms with E-state index in [1.54, 1.807) is 22.2 Å². The largest absolute Gasteiger partial charge is 0.360 e. The first-order valence-electron chi connectivity index (χ1n) is 5.23. The summed E-state index contributed by atoms with van der Waals surface area (Å²) < 4.78 is 1.69. The molecule has 0 bridgehead atoms. The predicted molar refractivity (Wildman–Crippen MR) is 66.8 cm³/mol. The van der Waals surface area contributed by atoms with Gasteiger partial charge in [0, 0.05) is 18.6 Å². The molecule has 2 aromatic rings. The zero-order valence-electron chi connectivity index (χ0n) is 9.93. The number of anilines is 1. The van der Waals surface area contributed by atoms with E-state index in [4.69, 9.17) is 5.26 Å². The molecule has 0 fully saturated rings. The summed E-state index contributed by atoms with van der Waals surface area (Å²) in [5.41, 5.74) is 1.33. The minimum absolute atomic E-state index is 0.0666. The summed E-state index contributed by atoms with van der Waals surface area (Å²) in [6, 6.07) is 2.24. The molecule has 88 valence electrons. The standard InChI is InChI=1S/C11H13N5S/c1-7-9(6-12)10(16(3)15-7)14-8(2)11-13-4-5-17-11/h4-5,8,14H,1-3H3. The van der Waals surface area contributed by atoms with Crippen molar-refractivity contribution >= 4 is 17.2 Å². The van der Waals surface area contributed by atoms with Crippen molar-refractivity contribution in [2.75, 3.05) is 5.32 Å². The van der Waals surface area contributed by atoms with E-state index in [1.165, 1.54) is 0 Å². The van der Waals surface area contributed by atoms with Gasteiger partial charge in [0.1, 0.15) is 22.5 Å². The fourth-order valence-electron chi connectivity index (χ4n) is 1.67. The highest BCUT2D eigenvalue weighted by Crippen LogP contribution is 2.24. The highest BCUT2D eigenvalue weighted by molar-refractivity contribution is 7.09. The molecule has 6 heteroatoms. The molecular formula is C11H13N5S. The Morgan fingerprint density at radius 3 is 2.94 bits per heavy atom. The number of hydrogen-bond donors (Lipinski definition) is 1. The number of aromatic nitrogens is 3. The molecule has 2 rings (SSSR count). The Labute approximate surface area is 104 Å². The number of nitriles is 1. The lowest BCUT2D eigenvalue weighted by molar-refractivity contribution is 0.741. The molecule has 5 nitrogen and oxygen atoms in total. The fraction of sp³-hybridized carbons (Fsp3) is 0.364. The third-order valence-electron chi connectivity index (χ3n) is 2.51. The van der Waals surface area contributed by atoms with Gasteiger partial charge in [0.2, 0.25) is 0 Å². The molecule has 0 aliphatic heterocycles. The Hall–Kier alpha value is -1.87. The van der Waals surface area contributed by atoms with Crippen LogP contribution >= 0.6 is 11.3 Å². The third-order valence-corrected chi connectivity index (χ3v) is 3.47. The van der Waals surface area contributed by atoms with Gasteiger partial charge in [0.25, 0.3) is 0 Å². The molecule has 0 saturated heterocycles. The van der Waals surface area contributed by atoms with Crippen LogP contribution in [0.15, 0.2) is 11.6 Å². The van der Waals surface area contributed by atoms with Crippen LogP contribution in [0.4, 0.5) is 5.82 Å². The second-order valence-corrected chi connectivity index (χ2v) is 4.71. The Bertz CT molecular complexity index is 549. The van der Waals surface area contributed by atoms with E-state index in [9.17, 15) is 0 Å². The van der Waals surface area contributed by atoms with Gasteiger partial charge >= 0.3 is 0 Å². The van der Waals surface area contributed by atoms with Gasteiger partial charge in [-0.25, -0.2) is 4.98 Å². The summed E-state index contributed by atoms with van der Waals surface area (Å²) >= 11 is 1.59. The number of nitrogens with one attached hydrogen (secondary N) is 1. The number of nitrogens with zero attached hydrogens (tertiary/aromatic N) is 4. The van der Waals surface area contributed by atoms with Gasteiger partial charge in [-0.05, 0) is 13.8 Å². The molecule has 2 heterocycles. The third kappa shape index (κ3) is 2.15. The van der Waals surface area contributed by atoms with Gasteiger partial charge in [-0.1, -0.05) is 0 Å². The lowest BCUT2D eigenvalue weighted by Crippen LogP contribution is -2.10. The van der Waals surface area contributed by atoms with Crippen LogP contribution in [0.2, 0.25) is 0 Å². The summed E-state index contributed by atoms with van der Waals surface area (Å²) in [6.07, 6.45) is 1.78. The number of aryl methyl sites for hydroxylation is 2. The van der Waals surface area contributed by atoms with E-state index in [2.05, 4.69) is 21.5 Å². The minimum atomic E-state index is 0.0666. The van der Waals surface area contributed by atoms with Crippen LogP contribution in [0, 0.1) is 18.3 Å². The first-order chi connectivity index (χ1) is 8.13. The second-order valence-electron chi connectivity index (χ2n) is 3.78. The van der Waals surface area contributed by atoms with Crippen molar-refractivity contribution in [2.24, 2.45) is 7.05 Å². The molecule has 0 spiro atoms. The SMILES string of the molecule is Cc1nn(C)c(NC(C)c2nccs2)c1C#N. The molecule has 0 amide bonds. The maximum Gasteiger partial charge on any atom is 0.142 e. The Balaban J connectivity index is 2.28. The predicted octanol–water partition coefficient (Wildman–Crippen LogP) is 2.23. The van der Waals surface area contributed by atoms with Crippen LogP contribution in [0.25, 0.3) is 0 Å². The second kappa shape index (κ2) is 4.55. The van der Waals surface area contributed by atoms with Crippen molar-refractivity contribution in [3.05, 3.63) is 27.8 Å². The van der Waals surface area contributed by atoms with Crippen molar-refractivity contribution < 1.29 is 0 Å². The molecule has 17 heavy (non-hydrogen) atoms. The van der Waals surface area contributed by atoms with Gasteiger partial charge < -0.3 is 5.32 Å². The molecule has 0 aliphatic carbocycles. The molecule has 0 aromatic carbocycles. The van der Waals surface area contributed by atoms with E-state index in [0.717, 1.165) is 16.5 Å². The average Bonchev–Trinajstić information content (AvgIpc) is 2.88. The van der Waals surface area contributed by atoms with Crippen LogP contribution in [0.5, 0.6) is 0 Å². The van der Waals surface area contributed by atoms with Crippen LogP contribution in [0.1, 0.15) is 29.2 Å². The van der Waals surface area contributed by atoms with Gasteiger partial charge in [-0.15, -0.1) is 11.3 Å². The number of rotatable bonds is 3. The van der Waals surface area contributed by atoms with Crippen molar-refractivity contribution in [3.8, 4) is 6.07 Å². The van der Waals surface area contributed by atoms with Gasteiger partial charge in [0.05, 0.1) is 11.7 Å². The minimum Gasteiger partial charge on any atom is -0.360 e. The normalized spacial score (nSPS) is 12.1. The Kier molecular flexibility index (Phi) is 3.11. The molecular weight excluding hydrogens is 234 g/mol. The van der Waals surface area contributed by atoms with Crippen LogP contribution in [-0.4, -0.2) is 14.8 Å². The smallest absolute Gasteiger partial charge is 0.142 e. The van der Waals surface area contributed by atoms with Gasteiger partial charge in [-0.2, -0.15) is 10.4 Å². The summed E-state index contributed by atoms with van der Waals surface area (Å²) in [5.74, 6) is 0.743. The summed E-state index contributed by atoms with van der Waals surface area (Å²) in [4.78, 5) is 4.25. The molecule has 0 radical (unpaired) electrons. The van der Waals surface area contributed by atoms with Crippen LogP contribution < -0.4 is 5.32 Å². The van der Waals surface area contributed by atoms with Crippen LogP contribution in [0.3, 0.4) is 0 Å². The van der Waals surface area contributed by atoms with Crippen molar-refractivity contribution in [1.82, 2.24) is 14.8 Å². The molecule has 1 N–H and O–H groups in total. The molecule has 2 aromatic heterocycles. The first kappa shape index (κ1) is 11.6. The van der Waals surface area contributed by atoms with E-state index in [0.29, 0.717) is 5.56 Å². The number of hydrogen-bond acceptors (Lipinski definition) is 5. The zero-order chi connectivity index (χ0) is 12.4. The zero-order valence-corrected chi connectivity index (χ0v) is 10.7. The topological polar surface area (TPSA) is 66.5 Å². The molecule has 1 unspecified atom stereocenters. The average molecular weight is 247 g/mol. The van der Waals surface area contributed by atoms with Crippen molar-refractivity contribution in [1.29, 1.82) is 5.26 Å². The quantitative estimate of drug-likeness (QED) is 0.903. The fourth-order valence-corrected chi connectivity index (χ4v) is 2.32. The lowest BCUT2D eigenvalue weighted by Gasteiger charge is -2.12. The Morgan fingerprint density at radius 2 is 2.35 bits per heavy atom. The van der Waals surface area contributed by atoms with E-state index in [-0.39, 0.29) is 6.04 Å². The maximum absolute atomic E-state index is 9.10. The van der Waals surface area contributed by atoms with E-state index in [1.807, 2.05) is 26.3 Å². The van der Waals surface area contributed by atoms with E-state index >= 15 is 0 Å². The summed E-state index contributed by atoms with van der Waals surface area (Å²) in [6.45, 7) is 3.85. The summed E-state index contributed by atoms with van der Waals surface area (Å²) in [7, 11) is 1.82. The molecule has 0 saturated carbocycles. The highest BCUT2D eigenvalue weighted by Gasteiger charge is 2.16. The van der Waals surface area contributed by atoms with Crippen molar-refractivity contribution in [2.45, 2.75) is 19.9 Å². The maximum atomic E-state index is 9.10. The van der Waals surface area contributed by atoms with Crippen molar-refractivity contribution in [3.63, 3.8) is 0 Å². The Morgan fingerprint density at radius 1 is 1.59 bits per heavy atom. The van der Waals surface area contributed by atoms with Gasteiger partial charge in [-0.3, -0.25) is 4.68 Å². The summed E-state index contributed by atoms with van der Waals surface area (Å²) in [5, 5.41) is 19.5. The first-order valence-corrected chi connectivity index (χ1v) is 6.11. The van der Waals surface area contributed by atoms with Crippen LogP contribution in [-0.2, 0) is 7.05 Å². The number of thiazole rings is 1. The molecule has 0 aliphatic rings. The lowest BCUT2D eigenvalue weighted by atomic mass is 10.2. The monoisotopic (exact) mass is 247 g/mol. The molecule has 1 atom stereocenters. The van der Waals surface area contributed by atoms with E-state index < -0.39 is 0 Å². The highest BCUT2D eigenvalue weighted by atomic mass is 32.1.